The Hall–Kier alpha value is -2.20. The van der Waals surface area contributed by atoms with Crippen LogP contribution in [0.1, 0.15) is 56.2 Å². The fourth-order valence-electron chi connectivity index (χ4n) is 5.39. The average Bonchev–Trinajstić information content (AvgIpc) is 2.88. The molecule has 0 unspecified atom stereocenters. The zero-order chi connectivity index (χ0) is 25.7. The Morgan fingerprint density at radius 2 is 1.75 bits per heavy atom. The number of benzene rings is 3. The van der Waals surface area contributed by atoms with Gasteiger partial charge in [0.25, 0.3) is 0 Å². The summed E-state index contributed by atoms with van der Waals surface area (Å²) in [6, 6.07) is 26.4. The van der Waals surface area contributed by atoms with Gasteiger partial charge in [-0.2, -0.15) is 0 Å². The Kier molecular flexibility index (Phi) is 8.87. The van der Waals surface area contributed by atoms with Gasteiger partial charge in [0.1, 0.15) is 0 Å². The van der Waals surface area contributed by atoms with Gasteiger partial charge in [-0.15, -0.1) is 18.3 Å². The largest absolute Gasteiger partial charge is 0.331 e. The van der Waals surface area contributed by atoms with Crippen LogP contribution in [-0.4, -0.2) is 22.6 Å². The second kappa shape index (κ2) is 11.9. The van der Waals surface area contributed by atoms with Gasteiger partial charge < -0.3 is 4.90 Å². The second-order valence-corrected chi connectivity index (χ2v) is 11.8. The Morgan fingerprint density at radius 1 is 1.03 bits per heavy atom. The molecule has 0 aliphatic carbocycles. The summed E-state index contributed by atoms with van der Waals surface area (Å²) in [7, 11) is 0. The molecule has 1 aliphatic rings. The van der Waals surface area contributed by atoms with Crippen molar-refractivity contribution in [2.45, 2.75) is 56.0 Å². The topological polar surface area (TPSA) is 20.3 Å². The summed E-state index contributed by atoms with van der Waals surface area (Å²) in [4.78, 5) is 17.8. The van der Waals surface area contributed by atoms with Crippen molar-refractivity contribution in [3.05, 3.63) is 113 Å². The van der Waals surface area contributed by atoms with E-state index in [1.54, 1.807) is 11.8 Å². The number of amides is 1. The van der Waals surface area contributed by atoms with E-state index in [0.29, 0.717) is 16.5 Å². The number of nitrogens with zero attached hydrogens (tertiary/aromatic N) is 1. The number of carbonyl (C=O) groups excluding carboxylic acids is 1. The van der Waals surface area contributed by atoms with Gasteiger partial charge >= 0.3 is 0 Å². The molecule has 1 heterocycles. The minimum atomic E-state index is -0.539. The number of piperidine rings is 1. The van der Waals surface area contributed by atoms with Gasteiger partial charge in [-0.3, -0.25) is 4.79 Å². The van der Waals surface area contributed by atoms with Crippen LogP contribution in [0, 0.1) is 5.41 Å². The van der Waals surface area contributed by atoms with Crippen LogP contribution >= 0.6 is 35.0 Å². The van der Waals surface area contributed by atoms with E-state index in [1.807, 2.05) is 36.4 Å². The minimum absolute atomic E-state index is 0.0644. The number of thioether (sulfide) groups is 1. The lowest BCUT2D eigenvalue weighted by Crippen LogP contribution is -2.56. The lowest BCUT2D eigenvalue weighted by Gasteiger charge is -2.52. The van der Waals surface area contributed by atoms with E-state index < -0.39 is 5.41 Å². The molecule has 4 atom stereocenters. The molecule has 1 fully saturated rings. The first-order valence-electron chi connectivity index (χ1n) is 12.5. The molecule has 36 heavy (non-hydrogen) atoms. The summed E-state index contributed by atoms with van der Waals surface area (Å²) < 4.78 is 0. The van der Waals surface area contributed by atoms with Crippen LogP contribution in [0.5, 0.6) is 0 Å². The number of allylic oxidation sites excluding steroid dienone is 1. The van der Waals surface area contributed by atoms with Crippen molar-refractivity contribution in [1.29, 1.82) is 0 Å². The van der Waals surface area contributed by atoms with Crippen molar-refractivity contribution in [3.8, 4) is 0 Å². The van der Waals surface area contributed by atoms with Crippen molar-refractivity contribution in [3.63, 3.8) is 0 Å². The van der Waals surface area contributed by atoms with E-state index in [9.17, 15) is 4.79 Å². The summed E-state index contributed by atoms with van der Waals surface area (Å²) in [6.45, 7) is 8.26. The lowest BCUT2D eigenvalue weighted by atomic mass is 9.67. The number of hydrogen-bond acceptors (Lipinski definition) is 2. The van der Waals surface area contributed by atoms with Crippen molar-refractivity contribution in [1.82, 2.24) is 4.90 Å². The van der Waals surface area contributed by atoms with Gasteiger partial charge in [0, 0.05) is 32.7 Å². The summed E-state index contributed by atoms with van der Waals surface area (Å²) >= 11 is 14.5. The molecular formula is C31H33Cl2NOS. The number of hydrogen-bond donors (Lipinski definition) is 0. The molecule has 0 saturated carbocycles. The maximum atomic E-state index is 14.4. The second-order valence-electron chi connectivity index (χ2n) is 9.81. The molecule has 2 nitrogen and oxygen atoms in total. The third-order valence-corrected chi connectivity index (χ3v) is 8.88. The Labute approximate surface area is 229 Å². The standard InChI is InChI=1S/C31H33Cl2NOS/c1-4-18-31(3)20-28(23-10-9-11-25(33)19-23)29(22-14-16-24(32)17-15-22)34(30(31)35)26(5-2)21-36-27-12-7-6-8-13-27/h4,6-17,19,26,28-29H,1,5,18,20-21H2,2-3H3/t26-,28+,29+,31-/m0/s1. The van der Waals surface area contributed by atoms with Crippen LogP contribution in [0.2, 0.25) is 10.0 Å². The monoisotopic (exact) mass is 537 g/mol. The fourth-order valence-corrected chi connectivity index (χ4v) is 6.85. The highest BCUT2D eigenvalue weighted by atomic mass is 35.5. The maximum Gasteiger partial charge on any atom is 0.229 e. The first kappa shape index (κ1) is 26.9. The summed E-state index contributed by atoms with van der Waals surface area (Å²) in [6.07, 6.45) is 4.11. The van der Waals surface area contributed by atoms with Gasteiger partial charge in [-0.25, -0.2) is 0 Å². The molecule has 1 saturated heterocycles. The molecule has 0 radical (unpaired) electrons. The van der Waals surface area contributed by atoms with E-state index in [-0.39, 0.29) is 23.9 Å². The van der Waals surface area contributed by atoms with E-state index >= 15 is 0 Å². The number of carbonyl (C=O) groups is 1. The van der Waals surface area contributed by atoms with Crippen molar-refractivity contribution in [2.75, 3.05) is 5.75 Å². The van der Waals surface area contributed by atoms with Crippen LogP contribution in [0.3, 0.4) is 0 Å². The number of halogens is 2. The first-order chi connectivity index (χ1) is 17.4. The molecule has 1 amide bonds. The predicted octanol–water partition coefficient (Wildman–Crippen LogP) is 9.20. The maximum absolute atomic E-state index is 14.4. The molecule has 0 spiro atoms. The van der Waals surface area contributed by atoms with Gasteiger partial charge in [0.15, 0.2) is 0 Å². The molecule has 4 rings (SSSR count). The summed E-state index contributed by atoms with van der Waals surface area (Å²) in [5, 5.41) is 1.40. The van der Waals surface area contributed by atoms with E-state index in [1.165, 1.54) is 4.90 Å². The lowest BCUT2D eigenvalue weighted by molar-refractivity contribution is -0.153. The SMILES string of the molecule is C=CC[C@@]1(C)C[C@H](c2cccc(Cl)c2)[C@@H](c2ccc(Cl)cc2)N([C@@H](CC)CSc2ccccc2)C1=O. The molecule has 188 valence electrons. The van der Waals surface area contributed by atoms with Crippen molar-refractivity contribution < 1.29 is 4.79 Å². The van der Waals surface area contributed by atoms with Crippen LogP contribution in [-0.2, 0) is 4.79 Å². The highest BCUT2D eigenvalue weighted by Gasteiger charge is 2.50. The van der Waals surface area contributed by atoms with Crippen molar-refractivity contribution in [2.24, 2.45) is 5.41 Å². The van der Waals surface area contributed by atoms with Gasteiger partial charge in [-0.05, 0) is 66.8 Å². The molecule has 0 bridgehead atoms. The highest BCUT2D eigenvalue weighted by molar-refractivity contribution is 7.99. The van der Waals surface area contributed by atoms with E-state index in [2.05, 4.69) is 73.9 Å². The first-order valence-corrected chi connectivity index (χ1v) is 14.2. The van der Waals surface area contributed by atoms with Crippen LogP contribution in [0.25, 0.3) is 0 Å². The van der Waals surface area contributed by atoms with E-state index in [4.69, 9.17) is 23.2 Å². The molecule has 0 aromatic heterocycles. The minimum Gasteiger partial charge on any atom is -0.331 e. The zero-order valence-electron chi connectivity index (χ0n) is 20.9. The predicted molar refractivity (Wildman–Crippen MR) is 154 cm³/mol. The van der Waals surface area contributed by atoms with Crippen LogP contribution in [0.15, 0.2) is 96.4 Å². The van der Waals surface area contributed by atoms with Crippen molar-refractivity contribution >= 4 is 40.9 Å². The Bertz CT molecular complexity index is 1180. The molecular weight excluding hydrogens is 505 g/mol. The summed E-state index contributed by atoms with van der Waals surface area (Å²) in [5.74, 6) is 1.10. The molecule has 3 aromatic rings. The van der Waals surface area contributed by atoms with Gasteiger partial charge in [0.2, 0.25) is 5.91 Å². The fraction of sp³-hybridized carbons (Fsp3) is 0.323. The quantitative estimate of drug-likeness (QED) is 0.200. The Balaban J connectivity index is 1.82. The van der Waals surface area contributed by atoms with Gasteiger partial charge in [-0.1, -0.05) is 85.6 Å². The molecule has 0 N–H and O–H groups in total. The summed E-state index contributed by atoms with van der Waals surface area (Å²) in [5.41, 5.74) is 1.71. The third-order valence-electron chi connectivity index (χ3n) is 7.24. The normalized spacial score (nSPS) is 22.9. The molecule has 1 aliphatic heterocycles. The molecule has 3 aromatic carbocycles. The van der Waals surface area contributed by atoms with Gasteiger partial charge in [0.05, 0.1) is 11.5 Å². The number of likely N-dealkylation sites (tertiary alicyclic amines) is 1. The zero-order valence-corrected chi connectivity index (χ0v) is 23.2. The number of rotatable bonds is 9. The highest BCUT2D eigenvalue weighted by Crippen LogP contribution is 2.52. The molecule has 5 heteroatoms. The van der Waals surface area contributed by atoms with Crippen LogP contribution < -0.4 is 0 Å². The average molecular weight is 539 g/mol. The van der Waals surface area contributed by atoms with E-state index in [0.717, 1.165) is 29.7 Å². The smallest absolute Gasteiger partial charge is 0.229 e. The Morgan fingerprint density at radius 3 is 2.39 bits per heavy atom. The van der Waals surface area contributed by atoms with Crippen LogP contribution in [0.4, 0.5) is 0 Å². The third kappa shape index (κ3) is 5.85.